The third-order valence-electron chi connectivity index (χ3n) is 2.30. The van der Waals surface area contributed by atoms with Crippen LogP contribution in [0.5, 0.6) is 0 Å². The van der Waals surface area contributed by atoms with Crippen molar-refractivity contribution in [2.75, 3.05) is 0 Å². The number of carbonyl (C=O) groups excluding carboxylic acids is 1. The predicted molar refractivity (Wildman–Crippen MR) is 44.9 cm³/mol. The first-order chi connectivity index (χ1) is 5.38. The molecule has 0 aromatic carbocycles. The number of hydrogen-bond acceptors (Lipinski definition) is 1. The lowest BCUT2D eigenvalue weighted by Gasteiger charge is -2.13. The van der Waals surface area contributed by atoms with E-state index in [4.69, 9.17) is 0 Å². The van der Waals surface area contributed by atoms with Gasteiger partial charge in [0, 0.05) is 6.04 Å². The molecule has 2 heteroatoms. The number of unbranched alkanes of at least 4 members (excludes halogenated alkanes) is 1. The average Bonchev–Trinajstić information content (AvgIpc) is 2.80. The molecule has 0 aromatic rings. The van der Waals surface area contributed by atoms with Crippen molar-refractivity contribution in [2.24, 2.45) is 5.92 Å². The van der Waals surface area contributed by atoms with Crippen LogP contribution in [0.25, 0.3) is 0 Å². The van der Waals surface area contributed by atoms with E-state index in [0.29, 0.717) is 6.04 Å². The molecule has 0 aromatic heterocycles. The Kier molecular flexibility index (Phi) is 3.40. The number of rotatable bonds is 6. The van der Waals surface area contributed by atoms with Crippen LogP contribution in [0.3, 0.4) is 0 Å². The molecule has 1 N–H and O–H groups in total. The van der Waals surface area contributed by atoms with Crippen LogP contribution in [0.15, 0.2) is 0 Å². The number of amides is 1. The molecule has 0 bridgehead atoms. The van der Waals surface area contributed by atoms with Crippen LogP contribution >= 0.6 is 0 Å². The second-order valence-corrected chi connectivity index (χ2v) is 3.33. The minimum absolute atomic E-state index is 0.424. The summed E-state index contributed by atoms with van der Waals surface area (Å²) in [5.74, 6) is 0.767. The fourth-order valence-electron chi connectivity index (χ4n) is 1.42. The summed E-state index contributed by atoms with van der Waals surface area (Å²) in [6.45, 7) is 2.18. The number of hydrogen-bond donors (Lipinski definition) is 1. The van der Waals surface area contributed by atoms with Crippen molar-refractivity contribution < 1.29 is 4.79 Å². The molecule has 1 amide bonds. The Morgan fingerprint density at radius 3 is 2.82 bits per heavy atom. The zero-order valence-corrected chi connectivity index (χ0v) is 7.10. The van der Waals surface area contributed by atoms with E-state index in [1.54, 1.807) is 6.41 Å². The highest BCUT2D eigenvalue weighted by Crippen LogP contribution is 2.34. The quantitative estimate of drug-likeness (QED) is 0.579. The van der Waals surface area contributed by atoms with Crippen LogP contribution in [-0.2, 0) is 4.79 Å². The summed E-state index contributed by atoms with van der Waals surface area (Å²) in [6, 6.07) is 0.424. The van der Waals surface area contributed by atoms with Gasteiger partial charge in [-0.25, -0.2) is 0 Å². The molecule has 1 rings (SSSR count). The first-order valence-corrected chi connectivity index (χ1v) is 4.51. The third kappa shape index (κ3) is 2.91. The van der Waals surface area contributed by atoms with Crippen molar-refractivity contribution in [1.29, 1.82) is 0 Å². The van der Waals surface area contributed by atoms with Crippen LogP contribution in [-0.4, -0.2) is 12.5 Å². The standard InChI is InChI=1S/C9H16NO/c1-2-3-4-9(10-7-11)8-5-6-8/h8-9H,2-6H2,1H3,(H,10,11). The van der Waals surface area contributed by atoms with Crippen LogP contribution < -0.4 is 5.32 Å². The van der Waals surface area contributed by atoms with Gasteiger partial charge in [0.15, 0.2) is 0 Å². The monoisotopic (exact) mass is 154 g/mol. The molecule has 0 spiro atoms. The van der Waals surface area contributed by atoms with Crippen LogP contribution in [0.1, 0.15) is 39.0 Å². The minimum Gasteiger partial charge on any atom is -0.345 e. The van der Waals surface area contributed by atoms with Gasteiger partial charge in [-0.05, 0) is 25.2 Å². The lowest BCUT2D eigenvalue weighted by molar-refractivity contribution is 0.457. The summed E-state index contributed by atoms with van der Waals surface area (Å²) >= 11 is 0. The molecule has 1 saturated carbocycles. The van der Waals surface area contributed by atoms with Gasteiger partial charge >= 0.3 is 6.41 Å². The molecular weight excluding hydrogens is 138 g/mol. The van der Waals surface area contributed by atoms with Crippen LogP contribution in [0.4, 0.5) is 0 Å². The summed E-state index contributed by atoms with van der Waals surface area (Å²) in [6.07, 6.45) is 7.95. The van der Waals surface area contributed by atoms with Crippen molar-refractivity contribution in [1.82, 2.24) is 5.32 Å². The molecule has 1 aliphatic carbocycles. The summed E-state index contributed by atoms with van der Waals surface area (Å²) in [5.41, 5.74) is 0. The maximum atomic E-state index is 10.1. The maximum absolute atomic E-state index is 10.1. The van der Waals surface area contributed by atoms with Gasteiger partial charge in [0.25, 0.3) is 0 Å². The maximum Gasteiger partial charge on any atom is 0.309 e. The molecule has 63 valence electrons. The van der Waals surface area contributed by atoms with Gasteiger partial charge in [-0.1, -0.05) is 19.8 Å². The molecule has 0 saturated heterocycles. The highest BCUT2D eigenvalue weighted by Gasteiger charge is 2.30. The zero-order valence-electron chi connectivity index (χ0n) is 7.10. The van der Waals surface area contributed by atoms with E-state index in [1.165, 1.54) is 25.7 Å². The van der Waals surface area contributed by atoms with Gasteiger partial charge in [0.1, 0.15) is 0 Å². The van der Waals surface area contributed by atoms with Gasteiger partial charge in [0.05, 0.1) is 0 Å². The van der Waals surface area contributed by atoms with E-state index in [2.05, 4.69) is 12.2 Å². The van der Waals surface area contributed by atoms with E-state index in [1.807, 2.05) is 0 Å². The SMILES string of the molecule is CCCCC(N[C]=O)C1CC1. The van der Waals surface area contributed by atoms with Gasteiger partial charge < -0.3 is 5.32 Å². The van der Waals surface area contributed by atoms with Crippen LogP contribution in [0, 0.1) is 5.92 Å². The molecular formula is C9H16NO. The van der Waals surface area contributed by atoms with Gasteiger partial charge in [-0.15, -0.1) is 0 Å². The van der Waals surface area contributed by atoms with E-state index < -0.39 is 0 Å². The Labute approximate surface area is 68.4 Å². The topological polar surface area (TPSA) is 29.1 Å². The lowest BCUT2D eigenvalue weighted by Crippen LogP contribution is -2.29. The summed E-state index contributed by atoms with van der Waals surface area (Å²) < 4.78 is 0. The molecule has 11 heavy (non-hydrogen) atoms. The molecule has 0 aliphatic heterocycles. The Morgan fingerprint density at radius 2 is 2.36 bits per heavy atom. The van der Waals surface area contributed by atoms with Crippen LogP contribution in [0.2, 0.25) is 0 Å². The first-order valence-electron chi connectivity index (χ1n) is 4.51. The fraction of sp³-hybridized carbons (Fsp3) is 0.889. The molecule has 1 fully saturated rings. The Bertz CT molecular complexity index is 121. The van der Waals surface area contributed by atoms with Crippen molar-refractivity contribution in [3.8, 4) is 0 Å². The van der Waals surface area contributed by atoms with E-state index in [0.717, 1.165) is 12.3 Å². The normalized spacial score (nSPS) is 19.4. The molecule has 1 unspecified atom stereocenters. The Morgan fingerprint density at radius 1 is 1.64 bits per heavy atom. The van der Waals surface area contributed by atoms with Crippen molar-refractivity contribution in [3.05, 3.63) is 0 Å². The summed E-state index contributed by atoms with van der Waals surface area (Å²) in [5, 5.41) is 2.77. The van der Waals surface area contributed by atoms with E-state index >= 15 is 0 Å². The van der Waals surface area contributed by atoms with Gasteiger partial charge in [-0.3, -0.25) is 4.79 Å². The lowest BCUT2D eigenvalue weighted by atomic mass is 10.1. The van der Waals surface area contributed by atoms with Gasteiger partial charge in [-0.2, -0.15) is 0 Å². The van der Waals surface area contributed by atoms with E-state index in [-0.39, 0.29) is 0 Å². The molecule has 1 radical (unpaired) electrons. The summed E-state index contributed by atoms with van der Waals surface area (Å²) in [4.78, 5) is 10.1. The molecule has 1 aliphatic rings. The predicted octanol–water partition coefficient (Wildman–Crippen LogP) is 1.61. The minimum atomic E-state index is 0.424. The van der Waals surface area contributed by atoms with Crippen molar-refractivity contribution in [2.45, 2.75) is 45.1 Å². The average molecular weight is 154 g/mol. The molecule has 0 heterocycles. The fourth-order valence-corrected chi connectivity index (χ4v) is 1.42. The van der Waals surface area contributed by atoms with Gasteiger partial charge in [0.2, 0.25) is 0 Å². The zero-order chi connectivity index (χ0) is 8.10. The van der Waals surface area contributed by atoms with E-state index in [9.17, 15) is 4.79 Å². The smallest absolute Gasteiger partial charge is 0.309 e. The third-order valence-corrected chi connectivity index (χ3v) is 2.30. The highest BCUT2D eigenvalue weighted by molar-refractivity contribution is 5.47. The second-order valence-electron chi connectivity index (χ2n) is 3.33. The van der Waals surface area contributed by atoms with Crippen molar-refractivity contribution in [3.63, 3.8) is 0 Å². The summed E-state index contributed by atoms with van der Waals surface area (Å²) in [7, 11) is 0. The highest BCUT2D eigenvalue weighted by atomic mass is 16.1. The van der Waals surface area contributed by atoms with Crippen molar-refractivity contribution >= 4 is 6.41 Å². The largest absolute Gasteiger partial charge is 0.345 e. The Hall–Kier alpha value is -0.530. The number of nitrogens with one attached hydrogen (secondary N) is 1. The molecule has 2 nitrogen and oxygen atoms in total. The Balaban J connectivity index is 2.15. The first kappa shape index (κ1) is 8.57. The molecule has 1 atom stereocenters. The second kappa shape index (κ2) is 4.37.